The van der Waals surface area contributed by atoms with E-state index in [0.29, 0.717) is 24.0 Å². The number of aliphatic imine (C=N–C) groups is 1. The number of nitrogens with one attached hydrogen (secondary N) is 2. The van der Waals surface area contributed by atoms with E-state index in [-0.39, 0.29) is 12.4 Å². The third-order valence-corrected chi connectivity index (χ3v) is 4.12. The lowest BCUT2D eigenvalue weighted by Gasteiger charge is -2.10. The molecule has 1 aromatic carbocycles. The lowest BCUT2D eigenvalue weighted by molar-refractivity contribution is 0.368. The highest BCUT2D eigenvalue weighted by Gasteiger charge is 2.13. The highest BCUT2D eigenvalue weighted by molar-refractivity contribution is 5.79. The van der Waals surface area contributed by atoms with Crippen molar-refractivity contribution in [2.24, 2.45) is 4.99 Å². The second kappa shape index (κ2) is 9.81. The number of hydrogen-bond acceptors (Lipinski definition) is 3. The Morgan fingerprint density at radius 1 is 1.20 bits per heavy atom. The molecule has 0 saturated heterocycles. The predicted molar refractivity (Wildman–Crippen MR) is 97.9 cm³/mol. The summed E-state index contributed by atoms with van der Waals surface area (Å²) >= 11 is 0. The van der Waals surface area contributed by atoms with Crippen LogP contribution in [0.2, 0.25) is 0 Å². The third-order valence-electron chi connectivity index (χ3n) is 4.12. The van der Waals surface area contributed by atoms with Crippen LogP contribution in [0.15, 0.2) is 39.8 Å². The van der Waals surface area contributed by atoms with Gasteiger partial charge in [0.1, 0.15) is 5.82 Å². The predicted octanol–water partition coefficient (Wildman–Crippen LogP) is 3.97. The molecule has 136 valence electrons. The highest BCUT2D eigenvalue weighted by Crippen LogP contribution is 2.22. The Hall–Kier alpha value is -2.37. The standard InChI is InChI=1S/C19H27FN4O/c1-4-14(5-2)18-11-16(25-24-18)13-23-19(21-6-3)22-12-15-9-7-8-10-17(15)20/h7-11,14H,4-6,12-13H2,1-3H3,(H2,21,22,23). The molecule has 2 aromatic rings. The van der Waals surface area contributed by atoms with Crippen LogP contribution in [-0.2, 0) is 13.1 Å². The van der Waals surface area contributed by atoms with E-state index >= 15 is 0 Å². The van der Waals surface area contributed by atoms with Gasteiger partial charge in [-0.2, -0.15) is 0 Å². The van der Waals surface area contributed by atoms with E-state index in [9.17, 15) is 4.39 Å². The largest absolute Gasteiger partial charge is 0.359 e. The molecule has 25 heavy (non-hydrogen) atoms. The van der Waals surface area contributed by atoms with Crippen LogP contribution in [0.4, 0.5) is 4.39 Å². The van der Waals surface area contributed by atoms with Gasteiger partial charge in [-0.15, -0.1) is 0 Å². The molecule has 0 radical (unpaired) electrons. The van der Waals surface area contributed by atoms with E-state index in [1.165, 1.54) is 6.07 Å². The van der Waals surface area contributed by atoms with Gasteiger partial charge in [0.25, 0.3) is 0 Å². The molecule has 0 amide bonds. The van der Waals surface area contributed by atoms with Crippen molar-refractivity contribution in [3.05, 3.63) is 53.2 Å². The maximum Gasteiger partial charge on any atom is 0.191 e. The minimum atomic E-state index is -0.243. The zero-order valence-electron chi connectivity index (χ0n) is 15.2. The summed E-state index contributed by atoms with van der Waals surface area (Å²) in [6.45, 7) is 7.77. The fourth-order valence-electron chi connectivity index (χ4n) is 2.62. The average molecular weight is 346 g/mol. The van der Waals surface area contributed by atoms with Crippen molar-refractivity contribution < 1.29 is 8.91 Å². The van der Waals surface area contributed by atoms with Crippen molar-refractivity contribution in [2.45, 2.75) is 52.6 Å². The SMILES string of the molecule is CCNC(=NCc1ccccc1F)NCc1cc(C(CC)CC)no1. The topological polar surface area (TPSA) is 62.5 Å². The van der Waals surface area contributed by atoms with E-state index < -0.39 is 0 Å². The fraction of sp³-hybridized carbons (Fsp3) is 0.474. The first-order chi connectivity index (χ1) is 12.2. The third kappa shape index (κ3) is 5.59. The van der Waals surface area contributed by atoms with Crippen molar-refractivity contribution in [3.8, 4) is 0 Å². The molecule has 2 N–H and O–H groups in total. The number of guanidine groups is 1. The summed E-state index contributed by atoms with van der Waals surface area (Å²) in [5.74, 6) is 1.57. The first kappa shape index (κ1) is 19.0. The van der Waals surface area contributed by atoms with Crippen LogP contribution in [-0.4, -0.2) is 17.7 Å². The molecule has 1 heterocycles. The first-order valence-corrected chi connectivity index (χ1v) is 8.88. The Morgan fingerprint density at radius 3 is 2.64 bits per heavy atom. The summed E-state index contributed by atoms with van der Waals surface area (Å²) < 4.78 is 19.1. The van der Waals surface area contributed by atoms with E-state index in [1.807, 2.05) is 19.1 Å². The molecular formula is C19H27FN4O. The van der Waals surface area contributed by atoms with E-state index in [4.69, 9.17) is 4.52 Å². The molecule has 0 aliphatic heterocycles. The van der Waals surface area contributed by atoms with Crippen molar-refractivity contribution >= 4 is 5.96 Å². The lowest BCUT2D eigenvalue weighted by atomic mass is 9.99. The summed E-state index contributed by atoms with van der Waals surface area (Å²) in [7, 11) is 0. The Kier molecular flexibility index (Phi) is 7.44. The van der Waals surface area contributed by atoms with Crippen molar-refractivity contribution in [2.75, 3.05) is 6.54 Å². The number of rotatable bonds is 8. The van der Waals surface area contributed by atoms with Crippen LogP contribution in [0.5, 0.6) is 0 Å². The molecule has 0 aliphatic carbocycles. The maximum atomic E-state index is 13.7. The van der Waals surface area contributed by atoms with Gasteiger partial charge in [0.2, 0.25) is 0 Å². The Labute approximate surface area is 148 Å². The van der Waals surface area contributed by atoms with Crippen LogP contribution in [0.3, 0.4) is 0 Å². The number of halogens is 1. The number of aromatic nitrogens is 1. The minimum Gasteiger partial charge on any atom is -0.359 e. The van der Waals surface area contributed by atoms with Crippen molar-refractivity contribution in [1.29, 1.82) is 0 Å². The summed E-state index contributed by atoms with van der Waals surface area (Å²) in [5.41, 5.74) is 1.56. The molecule has 0 bridgehead atoms. The fourth-order valence-corrected chi connectivity index (χ4v) is 2.62. The van der Waals surface area contributed by atoms with Gasteiger partial charge in [-0.05, 0) is 25.8 Å². The number of hydrogen-bond donors (Lipinski definition) is 2. The van der Waals surface area contributed by atoms with Gasteiger partial charge in [0, 0.05) is 24.1 Å². The Balaban J connectivity index is 1.97. The van der Waals surface area contributed by atoms with E-state index in [1.54, 1.807) is 12.1 Å². The summed E-state index contributed by atoms with van der Waals surface area (Å²) in [6, 6.07) is 8.65. The zero-order valence-corrected chi connectivity index (χ0v) is 15.2. The quantitative estimate of drug-likeness (QED) is 0.561. The van der Waals surface area contributed by atoms with Gasteiger partial charge in [-0.1, -0.05) is 37.2 Å². The van der Waals surface area contributed by atoms with Gasteiger partial charge in [0.15, 0.2) is 11.7 Å². The van der Waals surface area contributed by atoms with Crippen LogP contribution in [0, 0.1) is 5.82 Å². The molecule has 0 spiro atoms. The monoisotopic (exact) mass is 346 g/mol. The van der Waals surface area contributed by atoms with Crippen LogP contribution in [0.1, 0.15) is 56.5 Å². The normalized spacial score (nSPS) is 11.8. The van der Waals surface area contributed by atoms with Gasteiger partial charge >= 0.3 is 0 Å². The molecule has 2 rings (SSSR count). The molecule has 0 fully saturated rings. The number of nitrogens with zero attached hydrogens (tertiary/aromatic N) is 2. The Morgan fingerprint density at radius 2 is 1.96 bits per heavy atom. The van der Waals surface area contributed by atoms with E-state index in [0.717, 1.165) is 30.8 Å². The lowest BCUT2D eigenvalue weighted by Crippen LogP contribution is -2.36. The summed E-state index contributed by atoms with van der Waals surface area (Å²) in [4.78, 5) is 4.43. The van der Waals surface area contributed by atoms with Gasteiger partial charge < -0.3 is 15.2 Å². The second-order valence-corrected chi connectivity index (χ2v) is 5.87. The highest BCUT2D eigenvalue weighted by atomic mass is 19.1. The van der Waals surface area contributed by atoms with Crippen molar-refractivity contribution in [3.63, 3.8) is 0 Å². The molecule has 0 aliphatic rings. The van der Waals surface area contributed by atoms with Crippen LogP contribution < -0.4 is 10.6 Å². The molecule has 1 aromatic heterocycles. The first-order valence-electron chi connectivity index (χ1n) is 8.88. The molecule has 0 unspecified atom stereocenters. The van der Waals surface area contributed by atoms with Gasteiger partial charge in [-0.25, -0.2) is 9.38 Å². The Bertz CT molecular complexity index is 680. The summed E-state index contributed by atoms with van der Waals surface area (Å²) in [5, 5.41) is 10.5. The van der Waals surface area contributed by atoms with E-state index in [2.05, 4.69) is 34.6 Å². The molecule has 0 atom stereocenters. The van der Waals surface area contributed by atoms with Gasteiger partial charge in [-0.3, -0.25) is 0 Å². The second-order valence-electron chi connectivity index (χ2n) is 5.87. The van der Waals surface area contributed by atoms with Crippen LogP contribution in [0.25, 0.3) is 0 Å². The minimum absolute atomic E-state index is 0.243. The molecule has 6 heteroatoms. The maximum absolute atomic E-state index is 13.7. The average Bonchev–Trinajstić information content (AvgIpc) is 3.08. The van der Waals surface area contributed by atoms with Gasteiger partial charge in [0.05, 0.1) is 18.8 Å². The van der Waals surface area contributed by atoms with Crippen molar-refractivity contribution in [1.82, 2.24) is 15.8 Å². The smallest absolute Gasteiger partial charge is 0.191 e. The zero-order chi connectivity index (χ0) is 18.1. The number of benzene rings is 1. The summed E-state index contributed by atoms with van der Waals surface area (Å²) in [6.07, 6.45) is 2.09. The molecular weight excluding hydrogens is 319 g/mol. The molecule has 0 saturated carbocycles. The molecule has 5 nitrogen and oxygen atoms in total. The van der Waals surface area contributed by atoms with Crippen LogP contribution >= 0.6 is 0 Å².